The van der Waals surface area contributed by atoms with Crippen molar-refractivity contribution in [3.63, 3.8) is 0 Å². The van der Waals surface area contributed by atoms with Crippen LogP contribution in [0.5, 0.6) is 0 Å². The zero-order valence-electron chi connectivity index (χ0n) is 9.58. The zero-order valence-corrected chi connectivity index (χ0v) is 9.58. The quantitative estimate of drug-likeness (QED) is 0.762. The molecule has 0 N–H and O–H groups in total. The highest BCUT2D eigenvalue weighted by Gasteiger charge is 2.05. The third-order valence-corrected chi connectivity index (χ3v) is 3.04. The fourth-order valence-corrected chi connectivity index (χ4v) is 2.17. The molecule has 0 bridgehead atoms. The van der Waals surface area contributed by atoms with Gasteiger partial charge in [0.05, 0.1) is 6.54 Å². The summed E-state index contributed by atoms with van der Waals surface area (Å²) < 4.78 is 0. The summed E-state index contributed by atoms with van der Waals surface area (Å²) in [5.74, 6) is 0. The Bertz CT molecular complexity index is 579. The fourth-order valence-electron chi connectivity index (χ4n) is 2.17. The molecule has 0 aliphatic carbocycles. The number of hydrogen-bond donors (Lipinski definition) is 0. The monoisotopic (exact) mass is 222 g/mol. The van der Waals surface area contributed by atoms with Crippen LogP contribution in [0.15, 0.2) is 59.9 Å². The number of fused-ring (bicyclic) bond motifs is 1. The molecule has 1 aliphatic heterocycles. The Kier molecular flexibility index (Phi) is 2.62. The molecule has 1 aliphatic rings. The van der Waals surface area contributed by atoms with E-state index in [1.807, 2.05) is 18.6 Å². The molecule has 3 rings (SSSR count). The van der Waals surface area contributed by atoms with Crippen molar-refractivity contribution < 1.29 is 0 Å². The van der Waals surface area contributed by atoms with Gasteiger partial charge in [0, 0.05) is 25.2 Å². The van der Waals surface area contributed by atoms with Crippen LogP contribution in [-0.4, -0.2) is 17.7 Å². The van der Waals surface area contributed by atoms with E-state index >= 15 is 0 Å². The minimum absolute atomic E-state index is 0.889. The van der Waals surface area contributed by atoms with Gasteiger partial charge >= 0.3 is 0 Å². The summed E-state index contributed by atoms with van der Waals surface area (Å²) in [5, 5.41) is 2.64. The molecule has 0 saturated heterocycles. The number of hydrogen-bond acceptors (Lipinski definition) is 2. The highest BCUT2D eigenvalue weighted by molar-refractivity contribution is 5.85. The topological polar surface area (TPSA) is 15.6 Å². The summed E-state index contributed by atoms with van der Waals surface area (Å²) in [4.78, 5) is 6.34. The van der Waals surface area contributed by atoms with E-state index in [0.29, 0.717) is 0 Å². The van der Waals surface area contributed by atoms with Crippen molar-refractivity contribution >= 4 is 17.0 Å². The SMILES string of the molecule is C1=CN(Cc2cccc3ccccc23)CC=N1. The molecule has 0 saturated carbocycles. The summed E-state index contributed by atoms with van der Waals surface area (Å²) in [6.45, 7) is 1.82. The molecule has 0 amide bonds. The third-order valence-electron chi connectivity index (χ3n) is 3.04. The van der Waals surface area contributed by atoms with Gasteiger partial charge in [-0.1, -0.05) is 42.5 Å². The van der Waals surface area contributed by atoms with Crippen molar-refractivity contribution in [2.24, 2.45) is 4.99 Å². The van der Waals surface area contributed by atoms with Crippen LogP contribution < -0.4 is 0 Å². The maximum absolute atomic E-state index is 4.08. The Labute approximate surface area is 101 Å². The standard InChI is InChI=1S/C15H14N2/c1-2-7-15-13(4-1)5-3-6-14(15)12-17-10-8-16-9-11-17/h1-10H,11-12H2. The molecule has 0 spiro atoms. The van der Waals surface area contributed by atoms with E-state index in [-0.39, 0.29) is 0 Å². The summed E-state index contributed by atoms with van der Waals surface area (Å²) >= 11 is 0. The van der Waals surface area contributed by atoms with Gasteiger partial charge in [0.15, 0.2) is 0 Å². The summed E-state index contributed by atoms with van der Waals surface area (Å²) in [6.07, 6.45) is 5.82. The molecule has 0 radical (unpaired) electrons. The second kappa shape index (κ2) is 4.42. The van der Waals surface area contributed by atoms with Gasteiger partial charge in [0.2, 0.25) is 0 Å². The number of benzene rings is 2. The minimum atomic E-state index is 0.889. The minimum Gasteiger partial charge on any atom is -0.367 e. The van der Waals surface area contributed by atoms with E-state index in [9.17, 15) is 0 Å². The molecule has 2 heteroatoms. The van der Waals surface area contributed by atoms with Gasteiger partial charge < -0.3 is 4.90 Å². The third kappa shape index (κ3) is 2.07. The van der Waals surface area contributed by atoms with Crippen molar-refractivity contribution in [3.8, 4) is 0 Å². The number of aliphatic imine (C=N–C) groups is 1. The molecule has 2 aromatic rings. The van der Waals surface area contributed by atoms with E-state index in [1.54, 1.807) is 0 Å². The van der Waals surface area contributed by atoms with Gasteiger partial charge in [0.1, 0.15) is 0 Å². The lowest BCUT2D eigenvalue weighted by Gasteiger charge is -2.20. The summed E-state index contributed by atoms with van der Waals surface area (Å²) in [7, 11) is 0. The first-order valence-corrected chi connectivity index (χ1v) is 5.82. The van der Waals surface area contributed by atoms with Crippen LogP contribution in [0, 0.1) is 0 Å². The van der Waals surface area contributed by atoms with E-state index in [0.717, 1.165) is 13.1 Å². The van der Waals surface area contributed by atoms with Gasteiger partial charge in [-0.05, 0) is 16.3 Å². The van der Waals surface area contributed by atoms with Crippen molar-refractivity contribution in [2.45, 2.75) is 6.54 Å². The maximum Gasteiger partial charge on any atom is 0.0531 e. The van der Waals surface area contributed by atoms with E-state index in [4.69, 9.17) is 0 Å². The first kappa shape index (κ1) is 10.1. The summed E-state index contributed by atoms with van der Waals surface area (Å²) in [6, 6.07) is 15.0. The molecule has 2 nitrogen and oxygen atoms in total. The Morgan fingerprint density at radius 3 is 2.82 bits per heavy atom. The van der Waals surface area contributed by atoms with Crippen LogP contribution in [0.3, 0.4) is 0 Å². The van der Waals surface area contributed by atoms with Gasteiger partial charge in [-0.25, -0.2) is 0 Å². The van der Waals surface area contributed by atoms with Crippen molar-refractivity contribution in [1.82, 2.24) is 4.90 Å². The molecule has 84 valence electrons. The number of nitrogens with zero attached hydrogens (tertiary/aromatic N) is 2. The highest BCUT2D eigenvalue weighted by Crippen LogP contribution is 2.20. The molecule has 0 unspecified atom stereocenters. The van der Waals surface area contributed by atoms with Gasteiger partial charge in [0.25, 0.3) is 0 Å². The van der Waals surface area contributed by atoms with Crippen molar-refractivity contribution in [1.29, 1.82) is 0 Å². The maximum atomic E-state index is 4.08. The first-order chi connectivity index (χ1) is 8.43. The molecular formula is C15H14N2. The molecule has 2 aromatic carbocycles. The molecule has 1 heterocycles. The van der Waals surface area contributed by atoms with Gasteiger partial charge in [-0.2, -0.15) is 0 Å². The largest absolute Gasteiger partial charge is 0.367 e. The van der Waals surface area contributed by atoms with Crippen LogP contribution in [0.2, 0.25) is 0 Å². The predicted molar refractivity (Wildman–Crippen MR) is 72.0 cm³/mol. The van der Waals surface area contributed by atoms with Crippen LogP contribution >= 0.6 is 0 Å². The molecule has 17 heavy (non-hydrogen) atoms. The van der Waals surface area contributed by atoms with E-state index in [2.05, 4.69) is 52.4 Å². The first-order valence-electron chi connectivity index (χ1n) is 5.82. The van der Waals surface area contributed by atoms with Gasteiger partial charge in [-0.3, -0.25) is 4.99 Å². The summed E-state index contributed by atoms with van der Waals surface area (Å²) in [5.41, 5.74) is 1.36. The van der Waals surface area contributed by atoms with Crippen LogP contribution in [0.4, 0.5) is 0 Å². The second-order valence-electron chi connectivity index (χ2n) is 4.20. The molecule has 0 fully saturated rings. The van der Waals surface area contributed by atoms with Crippen LogP contribution in [-0.2, 0) is 6.54 Å². The fraction of sp³-hybridized carbons (Fsp3) is 0.133. The smallest absolute Gasteiger partial charge is 0.0531 e. The van der Waals surface area contributed by atoms with Crippen LogP contribution in [0.25, 0.3) is 10.8 Å². The second-order valence-corrected chi connectivity index (χ2v) is 4.20. The number of rotatable bonds is 2. The van der Waals surface area contributed by atoms with Gasteiger partial charge in [-0.15, -0.1) is 0 Å². The highest BCUT2D eigenvalue weighted by atomic mass is 15.1. The lowest BCUT2D eigenvalue weighted by Crippen LogP contribution is -2.20. The molecular weight excluding hydrogens is 208 g/mol. The Balaban J connectivity index is 1.94. The van der Waals surface area contributed by atoms with E-state index < -0.39 is 0 Å². The normalized spacial score (nSPS) is 14.5. The predicted octanol–water partition coefficient (Wildman–Crippen LogP) is 3.20. The van der Waals surface area contributed by atoms with Crippen molar-refractivity contribution in [3.05, 3.63) is 60.4 Å². The molecule has 0 aromatic heterocycles. The Morgan fingerprint density at radius 2 is 1.94 bits per heavy atom. The zero-order chi connectivity index (χ0) is 11.5. The molecule has 0 atom stereocenters. The average Bonchev–Trinajstić information content (AvgIpc) is 2.40. The van der Waals surface area contributed by atoms with Crippen LogP contribution in [0.1, 0.15) is 5.56 Å². The Hall–Kier alpha value is -2.09. The van der Waals surface area contributed by atoms with E-state index in [1.165, 1.54) is 16.3 Å². The Morgan fingerprint density at radius 1 is 1.06 bits per heavy atom. The van der Waals surface area contributed by atoms with Crippen molar-refractivity contribution in [2.75, 3.05) is 6.54 Å². The average molecular weight is 222 g/mol. The lowest BCUT2D eigenvalue weighted by molar-refractivity contribution is 0.420. The lowest BCUT2D eigenvalue weighted by atomic mass is 10.0.